The molecule has 0 bridgehead atoms. The van der Waals surface area contributed by atoms with E-state index < -0.39 is 5.97 Å². The van der Waals surface area contributed by atoms with E-state index in [0.29, 0.717) is 5.82 Å². The van der Waals surface area contributed by atoms with Gasteiger partial charge in [-0.1, -0.05) is 31.5 Å². The number of para-hydroxylation sites is 1. The van der Waals surface area contributed by atoms with E-state index in [-0.39, 0.29) is 11.6 Å². The maximum atomic E-state index is 11.0. The van der Waals surface area contributed by atoms with Gasteiger partial charge in [-0.25, -0.2) is 9.78 Å². The van der Waals surface area contributed by atoms with Crippen LogP contribution in [0.25, 0.3) is 0 Å². The number of hydrogen-bond donors (Lipinski definition) is 2. The van der Waals surface area contributed by atoms with Gasteiger partial charge >= 0.3 is 5.97 Å². The highest BCUT2D eigenvalue weighted by Gasteiger charge is 2.21. The number of carbonyl (C=O) groups is 1. The molecule has 0 saturated heterocycles. The second-order valence-corrected chi connectivity index (χ2v) is 4.57. The number of carboxylic acid groups (broad SMARTS) is 1. The third-order valence-electron chi connectivity index (χ3n) is 3.25. The average Bonchev–Trinajstić information content (AvgIpc) is 2.94. The van der Waals surface area contributed by atoms with E-state index in [4.69, 9.17) is 9.84 Å². The lowest BCUT2D eigenvalue weighted by molar-refractivity contribution is 0.0691. The van der Waals surface area contributed by atoms with E-state index in [1.165, 1.54) is 6.20 Å². The fourth-order valence-electron chi connectivity index (χ4n) is 2.30. The van der Waals surface area contributed by atoms with Crippen molar-refractivity contribution in [3.8, 4) is 5.75 Å². The Labute approximate surface area is 117 Å². The van der Waals surface area contributed by atoms with Crippen LogP contribution in [0, 0.1) is 0 Å². The molecule has 5 heteroatoms. The number of nitrogens with zero attached hydrogens (tertiary/aromatic N) is 1. The number of rotatable bonds is 6. The molecule has 1 unspecified atom stereocenters. The number of carboxylic acids is 1. The molecule has 2 aromatic rings. The zero-order valence-electron chi connectivity index (χ0n) is 11.6. The van der Waals surface area contributed by atoms with Gasteiger partial charge in [0.2, 0.25) is 0 Å². The number of aromatic carboxylic acids is 1. The Morgan fingerprint density at radius 1 is 1.45 bits per heavy atom. The van der Waals surface area contributed by atoms with Crippen LogP contribution in [-0.2, 0) is 0 Å². The summed E-state index contributed by atoms with van der Waals surface area (Å²) in [5.74, 6) is 0.455. The Balaban J connectivity index is 2.41. The molecule has 106 valence electrons. The van der Waals surface area contributed by atoms with Gasteiger partial charge < -0.3 is 14.8 Å². The number of nitrogens with one attached hydrogen (secondary N) is 1. The number of imidazole rings is 1. The predicted octanol–water partition coefficient (Wildman–Crippen LogP) is 3.05. The van der Waals surface area contributed by atoms with E-state index in [2.05, 4.69) is 16.9 Å². The van der Waals surface area contributed by atoms with Crippen LogP contribution in [0.15, 0.2) is 30.5 Å². The third-order valence-corrected chi connectivity index (χ3v) is 3.25. The van der Waals surface area contributed by atoms with Gasteiger partial charge in [-0.2, -0.15) is 0 Å². The van der Waals surface area contributed by atoms with Crippen LogP contribution in [-0.4, -0.2) is 28.2 Å². The number of benzene rings is 1. The minimum absolute atomic E-state index is 0.00394. The molecule has 0 spiro atoms. The Hall–Kier alpha value is -2.30. The Morgan fingerprint density at radius 3 is 2.80 bits per heavy atom. The van der Waals surface area contributed by atoms with Crippen LogP contribution in [0.2, 0.25) is 0 Å². The molecule has 1 aromatic carbocycles. The Kier molecular flexibility index (Phi) is 4.40. The minimum Gasteiger partial charge on any atom is -0.496 e. The summed E-state index contributed by atoms with van der Waals surface area (Å²) in [5.41, 5.74) is 1.12. The second-order valence-electron chi connectivity index (χ2n) is 4.57. The molecular weight excluding hydrogens is 256 g/mol. The van der Waals surface area contributed by atoms with Crippen LogP contribution in [0.4, 0.5) is 0 Å². The molecule has 2 N–H and O–H groups in total. The predicted molar refractivity (Wildman–Crippen MR) is 75.3 cm³/mol. The summed E-state index contributed by atoms with van der Waals surface area (Å²) in [6, 6.07) is 7.75. The van der Waals surface area contributed by atoms with Crippen LogP contribution < -0.4 is 4.74 Å². The first-order valence-corrected chi connectivity index (χ1v) is 6.58. The molecule has 1 aromatic heterocycles. The van der Waals surface area contributed by atoms with Crippen LogP contribution in [0.1, 0.15) is 47.6 Å². The van der Waals surface area contributed by atoms with Crippen molar-refractivity contribution in [2.75, 3.05) is 7.11 Å². The number of methoxy groups -OCH3 is 1. The van der Waals surface area contributed by atoms with Gasteiger partial charge in [0.15, 0.2) is 0 Å². The fourth-order valence-corrected chi connectivity index (χ4v) is 2.30. The van der Waals surface area contributed by atoms with Gasteiger partial charge in [0.05, 0.1) is 13.3 Å². The van der Waals surface area contributed by atoms with Gasteiger partial charge in [-0.3, -0.25) is 0 Å². The highest BCUT2D eigenvalue weighted by molar-refractivity contribution is 5.85. The largest absolute Gasteiger partial charge is 0.496 e. The minimum atomic E-state index is -1.00. The van der Waals surface area contributed by atoms with Crippen molar-refractivity contribution in [2.24, 2.45) is 0 Å². The van der Waals surface area contributed by atoms with Crippen molar-refractivity contribution in [1.29, 1.82) is 0 Å². The van der Waals surface area contributed by atoms with E-state index in [1.807, 2.05) is 24.3 Å². The van der Waals surface area contributed by atoms with Crippen molar-refractivity contribution in [2.45, 2.75) is 25.7 Å². The molecule has 0 saturated carbocycles. The summed E-state index contributed by atoms with van der Waals surface area (Å²) in [4.78, 5) is 18.1. The topological polar surface area (TPSA) is 75.2 Å². The highest BCUT2D eigenvalue weighted by Crippen LogP contribution is 2.33. The van der Waals surface area contributed by atoms with Crippen molar-refractivity contribution in [1.82, 2.24) is 9.97 Å². The highest BCUT2D eigenvalue weighted by atomic mass is 16.5. The van der Waals surface area contributed by atoms with Crippen LogP contribution in [0.5, 0.6) is 5.75 Å². The first-order valence-electron chi connectivity index (χ1n) is 6.58. The van der Waals surface area contributed by atoms with Gasteiger partial charge in [-0.15, -0.1) is 0 Å². The van der Waals surface area contributed by atoms with Crippen molar-refractivity contribution >= 4 is 5.97 Å². The third kappa shape index (κ3) is 2.82. The van der Waals surface area contributed by atoms with Crippen molar-refractivity contribution in [3.63, 3.8) is 0 Å². The van der Waals surface area contributed by atoms with E-state index in [9.17, 15) is 4.79 Å². The molecule has 0 fully saturated rings. The van der Waals surface area contributed by atoms with Crippen molar-refractivity contribution < 1.29 is 14.6 Å². The normalized spacial score (nSPS) is 12.1. The standard InChI is InChI=1S/C15H18N2O3/c1-3-6-11(10-7-4-5-8-13(10)20-2)14-16-9-12(17-14)15(18)19/h4-5,7-9,11H,3,6H2,1-2H3,(H,16,17)(H,18,19). The second kappa shape index (κ2) is 6.23. The molecule has 0 aliphatic rings. The quantitative estimate of drug-likeness (QED) is 0.849. The van der Waals surface area contributed by atoms with Crippen molar-refractivity contribution in [3.05, 3.63) is 47.5 Å². The zero-order valence-corrected chi connectivity index (χ0v) is 11.6. The number of ether oxygens (including phenoxy) is 1. The van der Waals surface area contributed by atoms with E-state index >= 15 is 0 Å². The summed E-state index contributed by atoms with van der Waals surface area (Å²) >= 11 is 0. The zero-order chi connectivity index (χ0) is 14.5. The molecule has 20 heavy (non-hydrogen) atoms. The van der Waals surface area contributed by atoms with Crippen LogP contribution >= 0.6 is 0 Å². The molecule has 0 aliphatic heterocycles. The molecular formula is C15H18N2O3. The smallest absolute Gasteiger partial charge is 0.353 e. The number of aromatic amines is 1. The lowest BCUT2D eigenvalue weighted by Crippen LogP contribution is -2.06. The summed E-state index contributed by atoms with van der Waals surface area (Å²) in [5, 5.41) is 8.99. The maximum absolute atomic E-state index is 11.0. The monoisotopic (exact) mass is 274 g/mol. The van der Waals surface area contributed by atoms with E-state index in [1.54, 1.807) is 7.11 Å². The molecule has 1 atom stereocenters. The summed E-state index contributed by atoms with van der Waals surface area (Å²) < 4.78 is 5.39. The SMILES string of the molecule is CCCC(c1ncc(C(=O)O)[nH]1)c1ccccc1OC. The molecule has 0 radical (unpaired) electrons. The van der Waals surface area contributed by atoms with E-state index in [0.717, 1.165) is 24.2 Å². The number of H-pyrrole nitrogens is 1. The van der Waals surface area contributed by atoms with Crippen LogP contribution in [0.3, 0.4) is 0 Å². The lowest BCUT2D eigenvalue weighted by atomic mass is 9.93. The van der Waals surface area contributed by atoms with Gasteiger partial charge in [0.1, 0.15) is 17.3 Å². The first-order chi connectivity index (χ1) is 9.67. The summed E-state index contributed by atoms with van der Waals surface area (Å²) in [6.07, 6.45) is 3.19. The Morgan fingerprint density at radius 2 is 2.20 bits per heavy atom. The van der Waals surface area contributed by atoms with Gasteiger partial charge in [0.25, 0.3) is 0 Å². The molecule has 1 heterocycles. The fraction of sp³-hybridized carbons (Fsp3) is 0.333. The maximum Gasteiger partial charge on any atom is 0.353 e. The molecule has 0 aliphatic carbocycles. The Bertz CT molecular complexity index is 592. The molecule has 2 rings (SSSR count). The van der Waals surface area contributed by atoms with Gasteiger partial charge in [0, 0.05) is 11.5 Å². The number of aromatic nitrogens is 2. The summed E-state index contributed by atoms with van der Waals surface area (Å²) in [7, 11) is 1.63. The number of hydrogen-bond acceptors (Lipinski definition) is 3. The summed E-state index contributed by atoms with van der Waals surface area (Å²) in [6.45, 7) is 2.09. The molecule has 0 amide bonds. The first kappa shape index (κ1) is 14.1. The van der Waals surface area contributed by atoms with Gasteiger partial charge in [-0.05, 0) is 12.5 Å². The molecule has 5 nitrogen and oxygen atoms in total. The lowest BCUT2D eigenvalue weighted by Gasteiger charge is -2.17. The average molecular weight is 274 g/mol.